The molecule has 8 nitrogen and oxygen atoms in total. The lowest BCUT2D eigenvalue weighted by atomic mass is 10.2. The van der Waals surface area contributed by atoms with Crippen molar-refractivity contribution in [1.29, 1.82) is 0 Å². The van der Waals surface area contributed by atoms with Gasteiger partial charge in [-0.3, -0.25) is 9.10 Å². The van der Waals surface area contributed by atoms with Crippen LogP contribution in [0.5, 0.6) is 17.2 Å². The summed E-state index contributed by atoms with van der Waals surface area (Å²) in [7, 11) is -3.71. The molecular weight excluding hydrogens is 408 g/mol. The summed E-state index contributed by atoms with van der Waals surface area (Å²) >= 11 is 0. The molecule has 0 aromatic heterocycles. The molecule has 0 fully saturated rings. The first-order valence-electron chi connectivity index (χ1n) is 9.46. The van der Waals surface area contributed by atoms with Crippen LogP contribution in [0.15, 0.2) is 55.1 Å². The summed E-state index contributed by atoms with van der Waals surface area (Å²) < 4.78 is 42.9. The van der Waals surface area contributed by atoms with Crippen molar-refractivity contribution in [2.24, 2.45) is 0 Å². The SMILES string of the molecule is C=CCOc1cccc(NC(=O)CN(c2ccc3c(c2)OCCO3)S(=O)(=O)CC)c1. The molecule has 1 aliphatic rings. The topological polar surface area (TPSA) is 94.2 Å². The van der Waals surface area contributed by atoms with Gasteiger partial charge in [0.05, 0.1) is 11.4 Å². The Morgan fingerprint density at radius 3 is 2.70 bits per heavy atom. The van der Waals surface area contributed by atoms with Crippen LogP contribution in [0.4, 0.5) is 11.4 Å². The van der Waals surface area contributed by atoms with E-state index >= 15 is 0 Å². The van der Waals surface area contributed by atoms with E-state index in [9.17, 15) is 13.2 Å². The Labute approximate surface area is 176 Å². The maximum Gasteiger partial charge on any atom is 0.245 e. The van der Waals surface area contributed by atoms with E-state index in [4.69, 9.17) is 14.2 Å². The molecule has 1 aliphatic heterocycles. The third kappa shape index (κ3) is 5.24. The fourth-order valence-corrected chi connectivity index (χ4v) is 3.90. The maximum atomic E-state index is 12.7. The van der Waals surface area contributed by atoms with E-state index in [0.29, 0.717) is 48.4 Å². The van der Waals surface area contributed by atoms with E-state index in [1.165, 1.54) is 6.92 Å². The van der Waals surface area contributed by atoms with Crippen molar-refractivity contribution in [2.75, 3.05) is 41.7 Å². The molecule has 0 aliphatic carbocycles. The number of nitrogens with zero attached hydrogens (tertiary/aromatic N) is 1. The number of hydrogen-bond donors (Lipinski definition) is 1. The standard InChI is InChI=1S/C21H24N2O6S/c1-3-10-27-18-7-5-6-16(13-18)22-21(24)15-23(30(25,26)4-2)17-8-9-19-20(14-17)29-12-11-28-19/h3,5-9,13-14H,1,4,10-12,15H2,2H3,(H,22,24). The number of hydrogen-bond acceptors (Lipinski definition) is 6. The lowest BCUT2D eigenvalue weighted by molar-refractivity contribution is -0.114. The van der Waals surface area contributed by atoms with Crippen LogP contribution in [-0.4, -0.2) is 46.4 Å². The molecular formula is C21H24N2O6S. The Morgan fingerprint density at radius 2 is 1.97 bits per heavy atom. The van der Waals surface area contributed by atoms with Crippen molar-refractivity contribution in [3.63, 3.8) is 0 Å². The molecule has 0 atom stereocenters. The second-order valence-corrected chi connectivity index (χ2v) is 8.59. The predicted octanol–water partition coefficient (Wildman–Crippen LogP) is 2.82. The summed E-state index contributed by atoms with van der Waals surface area (Å²) in [5, 5.41) is 2.71. The van der Waals surface area contributed by atoms with Gasteiger partial charge in [-0.1, -0.05) is 18.7 Å². The van der Waals surface area contributed by atoms with Crippen LogP contribution in [0.2, 0.25) is 0 Å². The minimum Gasteiger partial charge on any atom is -0.489 e. The molecule has 30 heavy (non-hydrogen) atoms. The van der Waals surface area contributed by atoms with Gasteiger partial charge in [-0.05, 0) is 31.2 Å². The molecule has 2 aromatic carbocycles. The van der Waals surface area contributed by atoms with Crippen LogP contribution in [0.3, 0.4) is 0 Å². The van der Waals surface area contributed by atoms with Crippen LogP contribution in [-0.2, 0) is 14.8 Å². The van der Waals surface area contributed by atoms with Crippen molar-refractivity contribution in [2.45, 2.75) is 6.92 Å². The van der Waals surface area contributed by atoms with Gasteiger partial charge >= 0.3 is 0 Å². The fourth-order valence-electron chi connectivity index (χ4n) is 2.84. The number of carbonyl (C=O) groups is 1. The molecule has 0 bridgehead atoms. The Kier molecular flexibility index (Phi) is 6.83. The van der Waals surface area contributed by atoms with Crippen molar-refractivity contribution in [3.8, 4) is 17.2 Å². The first-order valence-corrected chi connectivity index (χ1v) is 11.1. The average molecular weight is 432 g/mol. The Balaban J connectivity index is 1.79. The van der Waals surface area contributed by atoms with Crippen molar-refractivity contribution in [3.05, 3.63) is 55.1 Å². The Bertz CT molecular complexity index is 1020. The first-order chi connectivity index (χ1) is 14.4. The van der Waals surface area contributed by atoms with E-state index < -0.39 is 15.9 Å². The lowest BCUT2D eigenvalue weighted by Crippen LogP contribution is -2.39. The number of carbonyl (C=O) groups excluding carboxylic acids is 1. The van der Waals surface area contributed by atoms with Crippen LogP contribution in [0.1, 0.15) is 6.92 Å². The Morgan fingerprint density at radius 1 is 1.20 bits per heavy atom. The Hall–Kier alpha value is -3.20. The number of benzene rings is 2. The minimum atomic E-state index is -3.71. The molecule has 3 rings (SSSR count). The highest BCUT2D eigenvalue weighted by molar-refractivity contribution is 7.92. The second-order valence-electron chi connectivity index (χ2n) is 6.41. The van der Waals surface area contributed by atoms with Gasteiger partial charge in [-0.25, -0.2) is 8.42 Å². The van der Waals surface area contributed by atoms with Crippen molar-refractivity contribution in [1.82, 2.24) is 0 Å². The number of ether oxygens (including phenoxy) is 3. The van der Waals surface area contributed by atoms with Gasteiger partial charge in [0.1, 0.15) is 32.1 Å². The second kappa shape index (κ2) is 9.53. The lowest BCUT2D eigenvalue weighted by Gasteiger charge is -2.25. The van der Waals surface area contributed by atoms with Gasteiger partial charge in [0, 0.05) is 17.8 Å². The van der Waals surface area contributed by atoms with Crippen LogP contribution in [0.25, 0.3) is 0 Å². The van der Waals surface area contributed by atoms with E-state index in [0.717, 1.165) is 4.31 Å². The van der Waals surface area contributed by atoms with E-state index in [2.05, 4.69) is 11.9 Å². The van der Waals surface area contributed by atoms with Gasteiger partial charge in [-0.15, -0.1) is 0 Å². The summed E-state index contributed by atoms with van der Waals surface area (Å²) in [5.74, 6) is 0.919. The van der Waals surface area contributed by atoms with Gasteiger partial charge < -0.3 is 19.5 Å². The summed E-state index contributed by atoms with van der Waals surface area (Å²) in [4.78, 5) is 12.6. The summed E-state index contributed by atoms with van der Waals surface area (Å²) in [5.41, 5.74) is 0.830. The third-order valence-corrected chi connectivity index (χ3v) is 6.03. The number of anilines is 2. The summed E-state index contributed by atoms with van der Waals surface area (Å²) in [6, 6.07) is 11.6. The molecule has 0 saturated carbocycles. The first kappa shape index (κ1) is 21.5. The van der Waals surface area contributed by atoms with Gasteiger partial charge in [0.25, 0.3) is 0 Å². The van der Waals surface area contributed by atoms with Crippen molar-refractivity contribution >= 4 is 27.3 Å². The normalized spacial score (nSPS) is 12.7. The highest BCUT2D eigenvalue weighted by Gasteiger charge is 2.25. The molecule has 0 saturated heterocycles. The zero-order valence-corrected chi connectivity index (χ0v) is 17.5. The van der Waals surface area contributed by atoms with E-state index in [-0.39, 0.29) is 12.3 Å². The smallest absolute Gasteiger partial charge is 0.245 e. The largest absolute Gasteiger partial charge is 0.489 e. The number of sulfonamides is 1. The predicted molar refractivity (Wildman–Crippen MR) is 115 cm³/mol. The van der Waals surface area contributed by atoms with Crippen LogP contribution in [0, 0.1) is 0 Å². The van der Waals surface area contributed by atoms with E-state index in [1.54, 1.807) is 48.5 Å². The zero-order chi connectivity index (χ0) is 21.6. The number of fused-ring (bicyclic) bond motifs is 1. The quantitative estimate of drug-likeness (QED) is 0.613. The number of amides is 1. The van der Waals surface area contributed by atoms with Gasteiger partial charge in [0.15, 0.2) is 11.5 Å². The van der Waals surface area contributed by atoms with E-state index in [1.807, 2.05) is 0 Å². The minimum absolute atomic E-state index is 0.153. The van der Waals surface area contributed by atoms with Gasteiger partial charge in [-0.2, -0.15) is 0 Å². The molecule has 160 valence electrons. The highest BCUT2D eigenvalue weighted by atomic mass is 32.2. The summed E-state index contributed by atoms with van der Waals surface area (Å²) in [6.07, 6.45) is 1.62. The molecule has 1 amide bonds. The molecule has 1 N–H and O–H groups in total. The molecule has 0 spiro atoms. The third-order valence-electron chi connectivity index (χ3n) is 4.29. The number of rotatable bonds is 9. The molecule has 1 heterocycles. The fraction of sp³-hybridized carbons (Fsp3) is 0.286. The van der Waals surface area contributed by atoms with Crippen molar-refractivity contribution < 1.29 is 27.4 Å². The van der Waals surface area contributed by atoms with Crippen LogP contribution < -0.4 is 23.8 Å². The molecule has 9 heteroatoms. The molecule has 0 unspecified atom stereocenters. The monoisotopic (exact) mass is 432 g/mol. The summed E-state index contributed by atoms with van der Waals surface area (Å²) in [6.45, 7) is 5.88. The van der Waals surface area contributed by atoms with Crippen LogP contribution >= 0.6 is 0 Å². The molecule has 0 radical (unpaired) electrons. The maximum absolute atomic E-state index is 12.7. The zero-order valence-electron chi connectivity index (χ0n) is 16.7. The average Bonchev–Trinajstić information content (AvgIpc) is 2.76. The van der Waals surface area contributed by atoms with Gasteiger partial charge in [0.2, 0.25) is 15.9 Å². The number of nitrogens with one attached hydrogen (secondary N) is 1. The molecule has 2 aromatic rings. The highest BCUT2D eigenvalue weighted by Crippen LogP contribution is 2.34.